The average molecular weight is 369 g/mol. The molecule has 0 spiro atoms. The maximum Gasteiger partial charge on any atom is 0.175 e. The van der Waals surface area contributed by atoms with Gasteiger partial charge in [0.2, 0.25) is 0 Å². The molecule has 0 amide bonds. The number of phenolic OH excluding ortho intramolecular Hbond substituents is 1. The highest BCUT2D eigenvalue weighted by atomic mass is 35.5. The summed E-state index contributed by atoms with van der Waals surface area (Å²) in [7, 11) is 0. The zero-order valence-corrected chi connectivity index (χ0v) is 15.4. The molecule has 0 atom stereocenters. The van der Waals surface area contributed by atoms with Gasteiger partial charge in [0.1, 0.15) is 5.75 Å². The summed E-state index contributed by atoms with van der Waals surface area (Å²) >= 11 is 17.3. The summed E-state index contributed by atoms with van der Waals surface area (Å²) in [5.41, 5.74) is 2.24. The van der Waals surface area contributed by atoms with E-state index in [1.165, 1.54) is 0 Å². The van der Waals surface area contributed by atoms with E-state index in [0.717, 1.165) is 5.56 Å². The Kier molecular flexibility index (Phi) is 5.40. The van der Waals surface area contributed by atoms with E-state index in [-0.39, 0.29) is 11.2 Å². The molecule has 0 aliphatic rings. The first-order valence-corrected chi connectivity index (χ1v) is 8.20. The molecule has 2 aromatic rings. The minimum Gasteiger partial charge on any atom is -0.506 e. The van der Waals surface area contributed by atoms with Crippen molar-refractivity contribution in [3.05, 3.63) is 52.0 Å². The quantitative estimate of drug-likeness (QED) is 0.462. The summed E-state index contributed by atoms with van der Waals surface area (Å²) in [6, 6.07) is 10.5. The lowest BCUT2D eigenvalue weighted by Crippen LogP contribution is -2.20. The molecular weight excluding hydrogens is 351 g/mol. The molecule has 0 aliphatic heterocycles. The normalized spacial score (nSPS) is 11.2. The lowest BCUT2D eigenvalue weighted by molar-refractivity contribution is 0.476. The number of nitrogens with one attached hydrogen (secondary N) is 2. The maximum absolute atomic E-state index is 10.0. The topological polar surface area (TPSA) is 44.3 Å². The predicted molar refractivity (Wildman–Crippen MR) is 103 cm³/mol. The molecule has 23 heavy (non-hydrogen) atoms. The molecule has 0 fully saturated rings. The maximum atomic E-state index is 10.0. The summed E-state index contributed by atoms with van der Waals surface area (Å²) in [6.07, 6.45) is 0. The second-order valence-electron chi connectivity index (χ2n) is 6.19. The Morgan fingerprint density at radius 2 is 1.65 bits per heavy atom. The molecule has 122 valence electrons. The molecule has 0 aromatic heterocycles. The molecule has 0 radical (unpaired) electrons. The van der Waals surface area contributed by atoms with Crippen LogP contribution in [0.4, 0.5) is 11.4 Å². The lowest BCUT2D eigenvalue weighted by atomic mass is 9.87. The third kappa shape index (κ3) is 4.74. The van der Waals surface area contributed by atoms with Crippen molar-refractivity contribution >= 4 is 51.9 Å². The van der Waals surface area contributed by atoms with Gasteiger partial charge in [0, 0.05) is 5.02 Å². The highest BCUT2D eigenvalue weighted by Gasteiger charge is 2.16. The second kappa shape index (κ2) is 6.95. The Hall–Kier alpha value is -1.49. The van der Waals surface area contributed by atoms with Gasteiger partial charge in [-0.3, -0.25) is 0 Å². The van der Waals surface area contributed by atoms with Crippen LogP contribution in [-0.2, 0) is 5.41 Å². The Morgan fingerprint density at radius 1 is 1.00 bits per heavy atom. The van der Waals surface area contributed by atoms with Crippen LogP contribution in [0.3, 0.4) is 0 Å². The van der Waals surface area contributed by atoms with Crippen LogP contribution in [0.25, 0.3) is 0 Å². The van der Waals surface area contributed by atoms with Crippen molar-refractivity contribution in [2.45, 2.75) is 26.2 Å². The summed E-state index contributed by atoms with van der Waals surface area (Å²) in [4.78, 5) is 0. The first-order chi connectivity index (χ1) is 10.7. The molecule has 2 aromatic carbocycles. The van der Waals surface area contributed by atoms with E-state index in [1.807, 2.05) is 12.1 Å². The van der Waals surface area contributed by atoms with Crippen LogP contribution < -0.4 is 10.6 Å². The van der Waals surface area contributed by atoms with Crippen LogP contribution in [-0.4, -0.2) is 10.2 Å². The van der Waals surface area contributed by atoms with Gasteiger partial charge in [0.05, 0.1) is 16.4 Å². The van der Waals surface area contributed by atoms with Crippen LogP contribution in [0.15, 0.2) is 36.4 Å². The van der Waals surface area contributed by atoms with Crippen LogP contribution in [0.2, 0.25) is 10.0 Å². The summed E-state index contributed by atoms with van der Waals surface area (Å²) in [5.74, 6) is 0.129. The van der Waals surface area contributed by atoms with Gasteiger partial charge in [0.25, 0.3) is 0 Å². The van der Waals surface area contributed by atoms with Crippen molar-refractivity contribution < 1.29 is 5.11 Å². The Labute approximate surface area is 151 Å². The molecule has 0 unspecified atom stereocenters. The van der Waals surface area contributed by atoms with Gasteiger partial charge in [-0.05, 0) is 53.5 Å². The van der Waals surface area contributed by atoms with E-state index in [0.29, 0.717) is 26.5 Å². The minimum absolute atomic E-state index is 0.0291. The van der Waals surface area contributed by atoms with Crippen molar-refractivity contribution in [2.75, 3.05) is 10.6 Å². The van der Waals surface area contributed by atoms with Crippen molar-refractivity contribution in [1.29, 1.82) is 0 Å². The number of anilines is 2. The zero-order chi connectivity index (χ0) is 17.2. The molecule has 3 nitrogen and oxygen atoms in total. The molecular formula is C17H18Cl2N2OS. The van der Waals surface area contributed by atoms with Crippen molar-refractivity contribution in [1.82, 2.24) is 0 Å². The third-order valence-electron chi connectivity index (χ3n) is 3.29. The van der Waals surface area contributed by atoms with Gasteiger partial charge in [-0.15, -0.1) is 0 Å². The number of benzene rings is 2. The number of halogens is 2. The van der Waals surface area contributed by atoms with Crippen molar-refractivity contribution in [2.24, 2.45) is 0 Å². The van der Waals surface area contributed by atoms with Gasteiger partial charge in [0.15, 0.2) is 5.11 Å². The number of thiocarbonyl (C=S) groups is 1. The molecule has 0 saturated heterocycles. The SMILES string of the molecule is CC(C)(C)c1ccc(O)c(NC(=S)Nc2ccc(Cl)cc2Cl)c1. The minimum atomic E-state index is -0.0291. The summed E-state index contributed by atoms with van der Waals surface area (Å²) in [5, 5.41) is 17.3. The molecule has 2 rings (SSSR count). The van der Waals surface area contributed by atoms with Gasteiger partial charge in [-0.25, -0.2) is 0 Å². The summed E-state index contributed by atoms with van der Waals surface area (Å²) < 4.78 is 0. The number of phenols is 1. The van der Waals surface area contributed by atoms with Gasteiger partial charge >= 0.3 is 0 Å². The Bertz CT molecular complexity index is 742. The van der Waals surface area contributed by atoms with E-state index in [4.69, 9.17) is 35.4 Å². The fraction of sp³-hybridized carbons (Fsp3) is 0.235. The highest BCUT2D eigenvalue weighted by Crippen LogP contribution is 2.31. The lowest BCUT2D eigenvalue weighted by Gasteiger charge is -2.21. The fourth-order valence-corrected chi connectivity index (χ4v) is 2.65. The van der Waals surface area contributed by atoms with E-state index in [1.54, 1.807) is 24.3 Å². The monoisotopic (exact) mass is 368 g/mol. The van der Waals surface area contributed by atoms with E-state index in [9.17, 15) is 5.11 Å². The van der Waals surface area contributed by atoms with Crippen molar-refractivity contribution in [3.8, 4) is 5.75 Å². The second-order valence-corrected chi connectivity index (χ2v) is 7.44. The fourth-order valence-electron chi connectivity index (χ4n) is 1.97. The summed E-state index contributed by atoms with van der Waals surface area (Å²) in [6.45, 7) is 6.31. The third-order valence-corrected chi connectivity index (χ3v) is 4.04. The average Bonchev–Trinajstić information content (AvgIpc) is 2.43. The number of hydrogen-bond donors (Lipinski definition) is 3. The Balaban J connectivity index is 2.17. The van der Waals surface area contributed by atoms with Gasteiger partial charge in [-0.2, -0.15) is 0 Å². The van der Waals surface area contributed by atoms with Gasteiger partial charge in [-0.1, -0.05) is 50.0 Å². The van der Waals surface area contributed by atoms with E-state index >= 15 is 0 Å². The van der Waals surface area contributed by atoms with E-state index in [2.05, 4.69) is 31.4 Å². The smallest absolute Gasteiger partial charge is 0.175 e. The predicted octanol–water partition coefficient (Wildman–Crippen LogP) is 5.81. The van der Waals surface area contributed by atoms with Crippen molar-refractivity contribution in [3.63, 3.8) is 0 Å². The first kappa shape index (κ1) is 17.9. The number of hydrogen-bond acceptors (Lipinski definition) is 2. The van der Waals surface area contributed by atoms with Crippen LogP contribution in [0.5, 0.6) is 5.75 Å². The molecule has 0 bridgehead atoms. The number of rotatable bonds is 2. The molecule has 0 heterocycles. The van der Waals surface area contributed by atoms with E-state index < -0.39 is 0 Å². The number of aromatic hydroxyl groups is 1. The standard InChI is InChI=1S/C17H18Cl2N2OS/c1-17(2,3)10-4-7-15(22)14(8-10)21-16(23)20-13-6-5-11(18)9-12(13)19/h4-9,22H,1-3H3,(H2,20,21,23). The Morgan fingerprint density at radius 3 is 2.26 bits per heavy atom. The zero-order valence-electron chi connectivity index (χ0n) is 13.1. The first-order valence-electron chi connectivity index (χ1n) is 7.03. The molecule has 0 saturated carbocycles. The van der Waals surface area contributed by atoms with Crippen LogP contribution in [0, 0.1) is 0 Å². The molecule has 0 aliphatic carbocycles. The van der Waals surface area contributed by atoms with Gasteiger partial charge < -0.3 is 15.7 Å². The largest absolute Gasteiger partial charge is 0.506 e. The molecule has 6 heteroatoms. The van der Waals surface area contributed by atoms with Crippen LogP contribution in [0.1, 0.15) is 26.3 Å². The van der Waals surface area contributed by atoms with Crippen LogP contribution >= 0.6 is 35.4 Å². The highest BCUT2D eigenvalue weighted by molar-refractivity contribution is 7.80. The molecule has 3 N–H and O–H groups in total.